The van der Waals surface area contributed by atoms with E-state index < -0.39 is 15.9 Å². The van der Waals surface area contributed by atoms with Gasteiger partial charge >= 0.3 is 0 Å². The largest absolute Gasteiger partial charge is 0.272 e. The van der Waals surface area contributed by atoms with Gasteiger partial charge < -0.3 is 0 Å². The molecule has 1 aliphatic rings. The monoisotopic (exact) mass is 438 g/mol. The molecule has 0 fully saturated rings. The van der Waals surface area contributed by atoms with Gasteiger partial charge in [-0.05, 0) is 48.6 Å². The van der Waals surface area contributed by atoms with E-state index in [0.717, 1.165) is 22.4 Å². The van der Waals surface area contributed by atoms with Crippen molar-refractivity contribution in [3.05, 3.63) is 65.2 Å². The molecule has 2 aromatic carbocycles. The summed E-state index contributed by atoms with van der Waals surface area (Å²) in [6.45, 7) is 4.49. The number of amides is 1. The average molecular weight is 439 g/mol. The second-order valence-electron chi connectivity index (χ2n) is 7.49. The molecule has 8 heteroatoms. The SMILES string of the molecule is CCC1=NN(Cc2ccccc2C)C(=O)C1CCNS(=O)(=O)c1ccc(CC#N)cc1. The Bertz CT molecular complexity index is 1120. The summed E-state index contributed by atoms with van der Waals surface area (Å²) >= 11 is 0. The summed E-state index contributed by atoms with van der Waals surface area (Å²) in [5.41, 5.74) is 3.67. The number of benzene rings is 2. The molecule has 31 heavy (non-hydrogen) atoms. The van der Waals surface area contributed by atoms with Crippen molar-refractivity contribution in [2.45, 2.75) is 44.6 Å². The molecule has 0 radical (unpaired) electrons. The van der Waals surface area contributed by atoms with Crippen LogP contribution in [0.1, 0.15) is 36.5 Å². The Kier molecular flexibility index (Phi) is 7.21. The van der Waals surface area contributed by atoms with Crippen LogP contribution in [0.2, 0.25) is 0 Å². The number of sulfonamides is 1. The third-order valence-corrected chi connectivity index (χ3v) is 6.87. The molecule has 0 aliphatic carbocycles. The first-order valence-corrected chi connectivity index (χ1v) is 11.7. The second-order valence-corrected chi connectivity index (χ2v) is 9.25. The van der Waals surface area contributed by atoms with Crippen molar-refractivity contribution in [2.24, 2.45) is 11.0 Å². The summed E-state index contributed by atoms with van der Waals surface area (Å²) in [6, 6.07) is 16.1. The van der Waals surface area contributed by atoms with Crippen LogP contribution in [0, 0.1) is 24.2 Å². The van der Waals surface area contributed by atoms with Gasteiger partial charge in [0, 0.05) is 6.54 Å². The molecule has 0 bridgehead atoms. The van der Waals surface area contributed by atoms with E-state index in [-0.39, 0.29) is 23.8 Å². The van der Waals surface area contributed by atoms with Gasteiger partial charge in [0.15, 0.2) is 0 Å². The maximum Gasteiger partial charge on any atom is 0.251 e. The van der Waals surface area contributed by atoms with Crippen LogP contribution in [-0.4, -0.2) is 31.6 Å². The third kappa shape index (κ3) is 5.37. The maximum atomic E-state index is 12.9. The summed E-state index contributed by atoms with van der Waals surface area (Å²) in [5, 5.41) is 14.7. The van der Waals surface area contributed by atoms with E-state index in [2.05, 4.69) is 9.82 Å². The Labute approximate surface area is 183 Å². The van der Waals surface area contributed by atoms with Crippen LogP contribution < -0.4 is 4.72 Å². The van der Waals surface area contributed by atoms with Crippen molar-refractivity contribution in [2.75, 3.05) is 6.54 Å². The molecule has 1 heterocycles. The van der Waals surface area contributed by atoms with Gasteiger partial charge in [0.1, 0.15) is 0 Å². The molecule has 2 aromatic rings. The predicted octanol–water partition coefficient (Wildman–Crippen LogP) is 3.15. The van der Waals surface area contributed by atoms with Crippen molar-refractivity contribution < 1.29 is 13.2 Å². The zero-order valence-electron chi connectivity index (χ0n) is 17.7. The van der Waals surface area contributed by atoms with Gasteiger partial charge in [-0.3, -0.25) is 4.79 Å². The van der Waals surface area contributed by atoms with Crippen LogP contribution in [0.5, 0.6) is 0 Å². The number of nitrogens with zero attached hydrogens (tertiary/aromatic N) is 3. The topological polar surface area (TPSA) is 103 Å². The van der Waals surface area contributed by atoms with E-state index in [0.29, 0.717) is 19.4 Å². The number of nitrogens with one attached hydrogen (secondary N) is 1. The number of carbonyl (C=O) groups is 1. The van der Waals surface area contributed by atoms with Crippen molar-refractivity contribution in [1.82, 2.24) is 9.73 Å². The average Bonchev–Trinajstić information content (AvgIpc) is 3.05. The number of nitriles is 1. The number of hydrazone groups is 1. The summed E-state index contributed by atoms with van der Waals surface area (Å²) in [6.07, 6.45) is 1.21. The lowest BCUT2D eigenvalue weighted by Crippen LogP contribution is -2.32. The van der Waals surface area contributed by atoms with Crippen molar-refractivity contribution in [1.29, 1.82) is 5.26 Å². The van der Waals surface area contributed by atoms with Gasteiger partial charge in [0.05, 0.1) is 35.6 Å². The fourth-order valence-corrected chi connectivity index (χ4v) is 4.61. The molecule has 7 nitrogen and oxygen atoms in total. The van der Waals surface area contributed by atoms with E-state index in [9.17, 15) is 13.2 Å². The van der Waals surface area contributed by atoms with Gasteiger partial charge in [-0.15, -0.1) is 0 Å². The highest BCUT2D eigenvalue weighted by atomic mass is 32.2. The van der Waals surface area contributed by atoms with Gasteiger partial charge in [0.25, 0.3) is 5.91 Å². The maximum absolute atomic E-state index is 12.9. The fourth-order valence-electron chi connectivity index (χ4n) is 3.56. The Morgan fingerprint density at radius 3 is 2.52 bits per heavy atom. The van der Waals surface area contributed by atoms with Crippen LogP contribution in [-0.2, 0) is 27.8 Å². The van der Waals surface area contributed by atoms with Crippen LogP contribution in [0.15, 0.2) is 58.5 Å². The van der Waals surface area contributed by atoms with Gasteiger partial charge in [-0.1, -0.05) is 43.3 Å². The molecule has 1 unspecified atom stereocenters. The Hall–Kier alpha value is -3.02. The number of hydrogen-bond acceptors (Lipinski definition) is 5. The molecule has 0 saturated heterocycles. The smallest absolute Gasteiger partial charge is 0.251 e. The second kappa shape index (κ2) is 9.86. The molecule has 1 atom stereocenters. The standard InChI is InChI=1S/C23H26N4O3S/c1-3-22-21(23(28)27(26-22)16-19-7-5-4-6-17(19)2)13-15-25-31(29,30)20-10-8-18(9-11-20)12-14-24/h4-11,21,25H,3,12-13,15-16H2,1-2H3. The normalized spacial score (nSPS) is 16.3. The van der Waals surface area contributed by atoms with E-state index in [1.807, 2.05) is 44.2 Å². The van der Waals surface area contributed by atoms with Crippen molar-refractivity contribution in [3.8, 4) is 6.07 Å². The minimum Gasteiger partial charge on any atom is -0.272 e. The minimum absolute atomic E-state index is 0.0971. The summed E-state index contributed by atoms with van der Waals surface area (Å²) in [4.78, 5) is 13.1. The first kappa shape index (κ1) is 22.7. The lowest BCUT2D eigenvalue weighted by atomic mass is 9.97. The predicted molar refractivity (Wildman–Crippen MR) is 119 cm³/mol. The lowest BCUT2D eigenvalue weighted by Gasteiger charge is -2.16. The molecule has 1 N–H and O–H groups in total. The van der Waals surface area contributed by atoms with Crippen molar-refractivity contribution >= 4 is 21.6 Å². The first-order valence-electron chi connectivity index (χ1n) is 10.2. The van der Waals surface area contributed by atoms with Gasteiger partial charge in [-0.25, -0.2) is 18.1 Å². The highest BCUT2D eigenvalue weighted by Gasteiger charge is 2.34. The van der Waals surface area contributed by atoms with E-state index in [1.165, 1.54) is 17.1 Å². The van der Waals surface area contributed by atoms with Gasteiger partial charge in [0.2, 0.25) is 10.0 Å². The molecular formula is C23H26N4O3S. The molecule has 0 spiro atoms. The van der Waals surface area contributed by atoms with Crippen molar-refractivity contribution in [3.63, 3.8) is 0 Å². The first-order chi connectivity index (χ1) is 14.9. The quantitative estimate of drug-likeness (QED) is 0.649. The summed E-state index contributed by atoms with van der Waals surface area (Å²) < 4.78 is 27.7. The van der Waals surface area contributed by atoms with Crippen LogP contribution in [0.4, 0.5) is 0 Å². The highest BCUT2D eigenvalue weighted by Crippen LogP contribution is 2.24. The van der Waals surface area contributed by atoms with Crippen LogP contribution in [0.25, 0.3) is 0 Å². The molecule has 162 valence electrons. The third-order valence-electron chi connectivity index (χ3n) is 5.39. The Balaban J connectivity index is 1.62. The highest BCUT2D eigenvalue weighted by molar-refractivity contribution is 7.89. The van der Waals surface area contributed by atoms with E-state index >= 15 is 0 Å². The molecule has 1 aliphatic heterocycles. The lowest BCUT2D eigenvalue weighted by molar-refractivity contribution is -0.132. The zero-order chi connectivity index (χ0) is 22.4. The molecule has 0 saturated carbocycles. The summed E-state index contributed by atoms with van der Waals surface area (Å²) in [5.74, 6) is -0.519. The number of hydrogen-bond donors (Lipinski definition) is 1. The van der Waals surface area contributed by atoms with Crippen LogP contribution in [0.3, 0.4) is 0 Å². The number of rotatable bonds is 9. The van der Waals surface area contributed by atoms with E-state index in [4.69, 9.17) is 5.26 Å². The number of aryl methyl sites for hydroxylation is 1. The molecule has 3 rings (SSSR count). The molecular weight excluding hydrogens is 412 g/mol. The zero-order valence-corrected chi connectivity index (χ0v) is 18.5. The van der Waals surface area contributed by atoms with Crippen LogP contribution >= 0.6 is 0 Å². The Morgan fingerprint density at radius 2 is 1.87 bits per heavy atom. The van der Waals surface area contributed by atoms with E-state index in [1.54, 1.807) is 12.1 Å². The van der Waals surface area contributed by atoms with Gasteiger partial charge in [-0.2, -0.15) is 10.4 Å². The molecule has 0 aromatic heterocycles. The number of carbonyl (C=O) groups excluding carboxylic acids is 1. The summed E-state index contributed by atoms with van der Waals surface area (Å²) in [7, 11) is -3.69. The fraction of sp³-hybridized carbons (Fsp3) is 0.348. The molecule has 1 amide bonds. The Morgan fingerprint density at radius 1 is 1.16 bits per heavy atom. The minimum atomic E-state index is -3.69.